The van der Waals surface area contributed by atoms with Gasteiger partial charge in [-0.2, -0.15) is 4.99 Å². The Morgan fingerprint density at radius 1 is 1.18 bits per heavy atom. The fourth-order valence-corrected chi connectivity index (χ4v) is 3.27. The molecule has 0 saturated carbocycles. The lowest BCUT2D eigenvalue weighted by Crippen LogP contribution is -2.38. The Morgan fingerprint density at radius 3 is 2.36 bits per heavy atom. The van der Waals surface area contributed by atoms with Gasteiger partial charge in [0.2, 0.25) is 5.96 Å². The van der Waals surface area contributed by atoms with Crippen LogP contribution >= 0.6 is 11.6 Å². The van der Waals surface area contributed by atoms with Crippen LogP contribution in [0.3, 0.4) is 0 Å². The first kappa shape index (κ1) is 16.4. The predicted octanol–water partition coefficient (Wildman–Crippen LogP) is 2.04. The molecule has 2 atom stereocenters. The maximum absolute atomic E-state index is 6.41. The molecule has 1 saturated heterocycles. The lowest BCUT2D eigenvalue weighted by atomic mass is 9.91. The zero-order valence-electron chi connectivity index (χ0n) is 13.0. The van der Waals surface area contributed by atoms with Crippen molar-refractivity contribution >= 4 is 34.9 Å². The average molecular weight is 323 g/mol. The molecule has 22 heavy (non-hydrogen) atoms. The summed E-state index contributed by atoms with van der Waals surface area (Å²) in [5.41, 5.74) is 17.8. The van der Waals surface area contributed by atoms with E-state index in [1.54, 1.807) is 6.07 Å². The van der Waals surface area contributed by atoms with Gasteiger partial charge < -0.3 is 22.1 Å². The second-order valence-electron chi connectivity index (χ2n) is 5.99. The van der Waals surface area contributed by atoms with Gasteiger partial charge >= 0.3 is 0 Å². The fraction of sp³-hybridized carbons (Fsp3) is 0.467. The number of aliphatic imine (C=N–C) groups is 2. The molecule has 1 aromatic carbocycles. The van der Waals surface area contributed by atoms with Gasteiger partial charge in [0.15, 0.2) is 5.96 Å². The van der Waals surface area contributed by atoms with Gasteiger partial charge in [-0.1, -0.05) is 25.4 Å². The van der Waals surface area contributed by atoms with Gasteiger partial charge in [0, 0.05) is 13.1 Å². The quantitative estimate of drug-likeness (QED) is 0.572. The first-order valence-corrected chi connectivity index (χ1v) is 7.71. The summed E-state index contributed by atoms with van der Waals surface area (Å²) in [5.74, 6) is 1.20. The van der Waals surface area contributed by atoms with Gasteiger partial charge in [-0.15, -0.1) is 0 Å². The number of hydrogen-bond donors (Lipinski definition) is 3. The molecule has 120 valence electrons. The molecule has 0 aromatic heterocycles. The molecule has 1 heterocycles. The van der Waals surface area contributed by atoms with Crippen LogP contribution in [-0.2, 0) is 0 Å². The molecule has 0 amide bonds. The van der Waals surface area contributed by atoms with Crippen LogP contribution in [0.4, 0.5) is 11.4 Å². The van der Waals surface area contributed by atoms with E-state index in [0.29, 0.717) is 22.5 Å². The number of benzene rings is 1. The highest BCUT2D eigenvalue weighted by atomic mass is 35.5. The molecule has 6 nitrogen and oxygen atoms in total. The van der Waals surface area contributed by atoms with Crippen molar-refractivity contribution in [2.24, 2.45) is 39.0 Å². The lowest BCUT2D eigenvalue weighted by Gasteiger charge is -2.37. The normalized spacial score (nSPS) is 22.5. The van der Waals surface area contributed by atoms with E-state index in [1.807, 2.05) is 12.1 Å². The summed E-state index contributed by atoms with van der Waals surface area (Å²) in [6.07, 6.45) is 1.26. The lowest BCUT2D eigenvalue weighted by molar-refractivity contribution is 0.357. The third-order valence-corrected chi connectivity index (χ3v) is 3.93. The Hall–Kier alpha value is -1.95. The van der Waals surface area contributed by atoms with Crippen LogP contribution in [-0.4, -0.2) is 25.0 Å². The molecule has 0 spiro atoms. The molecule has 0 aliphatic carbocycles. The summed E-state index contributed by atoms with van der Waals surface area (Å²) in [5, 5.41) is 0.653. The van der Waals surface area contributed by atoms with E-state index < -0.39 is 0 Å². The summed E-state index contributed by atoms with van der Waals surface area (Å²) in [6.45, 7) is 6.57. The van der Waals surface area contributed by atoms with Crippen molar-refractivity contribution in [1.29, 1.82) is 0 Å². The van der Waals surface area contributed by atoms with Crippen LogP contribution in [0, 0.1) is 11.8 Å². The van der Waals surface area contributed by atoms with E-state index in [1.165, 1.54) is 6.42 Å². The summed E-state index contributed by atoms with van der Waals surface area (Å²) < 4.78 is 0. The maximum atomic E-state index is 6.41. The highest BCUT2D eigenvalue weighted by Gasteiger charge is 2.23. The summed E-state index contributed by atoms with van der Waals surface area (Å²) in [4.78, 5) is 10.1. The summed E-state index contributed by atoms with van der Waals surface area (Å²) in [7, 11) is 0. The average Bonchev–Trinajstić information content (AvgIpc) is 2.36. The van der Waals surface area contributed by atoms with Crippen molar-refractivity contribution < 1.29 is 0 Å². The van der Waals surface area contributed by atoms with E-state index in [0.717, 1.165) is 18.8 Å². The third kappa shape index (κ3) is 4.27. The smallest absolute Gasteiger partial charge is 0.223 e. The molecule has 1 aliphatic heterocycles. The van der Waals surface area contributed by atoms with Crippen LogP contribution in [0.25, 0.3) is 0 Å². The van der Waals surface area contributed by atoms with Gasteiger partial charge in [-0.3, -0.25) is 0 Å². The zero-order valence-corrected chi connectivity index (χ0v) is 13.7. The molecule has 1 aromatic rings. The number of rotatable bonds is 2. The number of piperidine rings is 1. The number of nitrogens with zero attached hydrogens (tertiary/aromatic N) is 3. The number of halogens is 1. The zero-order chi connectivity index (χ0) is 16.3. The SMILES string of the molecule is CC1CC(C)CN(c2ccc(N=C(N)N=C(N)N)cc2Cl)C1. The molecule has 0 bridgehead atoms. The first-order chi connectivity index (χ1) is 10.3. The van der Waals surface area contributed by atoms with E-state index in [-0.39, 0.29) is 11.9 Å². The van der Waals surface area contributed by atoms with Crippen LogP contribution in [0.2, 0.25) is 5.02 Å². The molecule has 2 unspecified atom stereocenters. The van der Waals surface area contributed by atoms with Crippen LogP contribution in [0.1, 0.15) is 20.3 Å². The van der Waals surface area contributed by atoms with Gasteiger partial charge in [0.25, 0.3) is 0 Å². The molecule has 1 fully saturated rings. The van der Waals surface area contributed by atoms with Crippen molar-refractivity contribution in [2.75, 3.05) is 18.0 Å². The molecular formula is C15H23ClN6. The second-order valence-corrected chi connectivity index (χ2v) is 6.40. The van der Waals surface area contributed by atoms with Gasteiger partial charge in [0.1, 0.15) is 0 Å². The van der Waals surface area contributed by atoms with Gasteiger partial charge in [-0.05, 0) is 36.5 Å². The molecule has 0 radical (unpaired) electrons. The maximum Gasteiger partial charge on any atom is 0.223 e. The van der Waals surface area contributed by atoms with E-state index in [9.17, 15) is 0 Å². The highest BCUT2D eigenvalue weighted by Crippen LogP contribution is 2.33. The minimum Gasteiger partial charge on any atom is -0.370 e. The minimum atomic E-state index is -0.125. The Bertz CT molecular complexity index is 584. The van der Waals surface area contributed by atoms with Crippen molar-refractivity contribution in [3.63, 3.8) is 0 Å². The minimum absolute atomic E-state index is 0.00373. The van der Waals surface area contributed by atoms with E-state index in [4.69, 9.17) is 28.8 Å². The highest BCUT2D eigenvalue weighted by molar-refractivity contribution is 6.33. The fourth-order valence-electron chi connectivity index (χ4n) is 2.97. The summed E-state index contributed by atoms with van der Waals surface area (Å²) >= 11 is 6.41. The van der Waals surface area contributed by atoms with E-state index >= 15 is 0 Å². The second kappa shape index (κ2) is 6.87. The van der Waals surface area contributed by atoms with Crippen LogP contribution < -0.4 is 22.1 Å². The molecule has 6 N–H and O–H groups in total. The standard InChI is InChI=1S/C15H23ClN6/c1-9-5-10(2)8-22(7-9)13-4-3-11(6-12(13)16)20-15(19)21-14(17)18/h3-4,6,9-10H,5,7-8H2,1-2H3,(H6,17,18,19,20,21). The molecule has 7 heteroatoms. The van der Waals surface area contributed by atoms with Crippen molar-refractivity contribution in [1.82, 2.24) is 0 Å². The third-order valence-electron chi connectivity index (χ3n) is 3.63. The Labute approximate surface area is 136 Å². The Balaban J connectivity index is 2.21. The Morgan fingerprint density at radius 2 is 1.82 bits per heavy atom. The van der Waals surface area contributed by atoms with Crippen LogP contribution in [0.5, 0.6) is 0 Å². The van der Waals surface area contributed by atoms with Crippen LogP contribution in [0.15, 0.2) is 28.2 Å². The first-order valence-electron chi connectivity index (χ1n) is 7.33. The number of hydrogen-bond acceptors (Lipinski definition) is 2. The predicted molar refractivity (Wildman–Crippen MR) is 93.7 cm³/mol. The van der Waals surface area contributed by atoms with E-state index in [2.05, 4.69) is 28.7 Å². The largest absolute Gasteiger partial charge is 0.370 e. The molecular weight excluding hydrogens is 300 g/mol. The number of anilines is 1. The molecule has 2 rings (SSSR count). The number of nitrogens with two attached hydrogens (primary N) is 3. The monoisotopic (exact) mass is 322 g/mol. The van der Waals surface area contributed by atoms with Gasteiger partial charge in [-0.25, -0.2) is 4.99 Å². The topological polar surface area (TPSA) is 106 Å². The summed E-state index contributed by atoms with van der Waals surface area (Å²) in [6, 6.07) is 5.60. The Kier molecular flexibility index (Phi) is 5.13. The molecule has 1 aliphatic rings. The van der Waals surface area contributed by atoms with Gasteiger partial charge in [0.05, 0.1) is 16.4 Å². The van der Waals surface area contributed by atoms with Crippen molar-refractivity contribution in [2.45, 2.75) is 20.3 Å². The number of guanidine groups is 2. The van der Waals surface area contributed by atoms with Crippen molar-refractivity contribution in [3.8, 4) is 0 Å². The van der Waals surface area contributed by atoms with Crippen molar-refractivity contribution in [3.05, 3.63) is 23.2 Å².